The van der Waals surface area contributed by atoms with Crippen LogP contribution in [0.1, 0.15) is 42.5 Å². The number of carbonyl (C=O) groups is 1. The van der Waals surface area contributed by atoms with E-state index in [1.165, 1.54) is 18.6 Å². The largest absolute Gasteiger partial charge is 0.350 e. The van der Waals surface area contributed by atoms with Crippen molar-refractivity contribution >= 4 is 29.9 Å². The molecule has 0 aliphatic heterocycles. The van der Waals surface area contributed by atoms with Crippen LogP contribution in [0.25, 0.3) is 0 Å². The molecule has 1 aliphatic rings. The fourth-order valence-electron chi connectivity index (χ4n) is 2.46. The number of halogens is 3. The van der Waals surface area contributed by atoms with E-state index in [1.54, 1.807) is 0 Å². The highest BCUT2D eigenvalue weighted by Gasteiger charge is 2.28. The van der Waals surface area contributed by atoms with Crippen molar-refractivity contribution in [3.8, 4) is 0 Å². The van der Waals surface area contributed by atoms with Crippen LogP contribution in [-0.2, 0) is 0 Å². The van der Waals surface area contributed by atoms with Crippen LogP contribution in [0.3, 0.4) is 0 Å². The highest BCUT2D eigenvalue weighted by Crippen LogP contribution is 2.25. The number of hydrogen-bond acceptors (Lipinski definition) is 2. The van der Waals surface area contributed by atoms with E-state index in [4.69, 9.17) is 17.3 Å². The molecule has 3 nitrogen and oxygen atoms in total. The minimum absolute atomic E-state index is 0. The summed E-state index contributed by atoms with van der Waals surface area (Å²) in [4.78, 5) is 12.0. The van der Waals surface area contributed by atoms with Gasteiger partial charge in [-0.3, -0.25) is 4.79 Å². The fraction of sp³-hybridized carbons (Fsp3) is 0.500. The molecule has 6 heteroatoms. The smallest absolute Gasteiger partial charge is 0.252 e. The summed E-state index contributed by atoms with van der Waals surface area (Å²) in [6, 6.07) is 3.74. The zero-order valence-corrected chi connectivity index (χ0v) is 12.7. The molecule has 1 aliphatic carbocycles. The lowest BCUT2D eigenvalue weighted by atomic mass is 9.82. The van der Waals surface area contributed by atoms with Crippen molar-refractivity contribution in [3.63, 3.8) is 0 Å². The molecule has 0 unspecified atom stereocenters. The summed E-state index contributed by atoms with van der Waals surface area (Å²) in [5.41, 5.74) is 6.20. The predicted molar refractivity (Wildman–Crippen MR) is 81.0 cm³/mol. The number of nitrogens with two attached hydrogens (primary N) is 1. The van der Waals surface area contributed by atoms with E-state index in [2.05, 4.69) is 5.32 Å². The van der Waals surface area contributed by atoms with Crippen molar-refractivity contribution in [2.75, 3.05) is 6.54 Å². The summed E-state index contributed by atoms with van der Waals surface area (Å²) < 4.78 is 12.9. The van der Waals surface area contributed by atoms with E-state index in [1.807, 2.05) is 0 Å². The molecule has 112 valence electrons. The van der Waals surface area contributed by atoms with Gasteiger partial charge in [-0.2, -0.15) is 0 Å². The maximum Gasteiger partial charge on any atom is 0.252 e. The number of hydrogen-bond donors (Lipinski definition) is 2. The van der Waals surface area contributed by atoms with Gasteiger partial charge in [-0.25, -0.2) is 4.39 Å². The topological polar surface area (TPSA) is 55.1 Å². The highest BCUT2D eigenvalue weighted by molar-refractivity contribution is 6.33. The third-order valence-electron chi connectivity index (χ3n) is 3.63. The number of nitrogens with one attached hydrogen (secondary N) is 1. The second kappa shape index (κ2) is 7.25. The molecule has 0 saturated heterocycles. The quantitative estimate of drug-likeness (QED) is 0.897. The van der Waals surface area contributed by atoms with Crippen LogP contribution >= 0.6 is 24.0 Å². The van der Waals surface area contributed by atoms with Crippen molar-refractivity contribution < 1.29 is 9.18 Å². The van der Waals surface area contributed by atoms with Crippen molar-refractivity contribution in [3.05, 3.63) is 34.6 Å². The second-order valence-electron chi connectivity index (χ2n) is 5.23. The molecule has 1 saturated carbocycles. The van der Waals surface area contributed by atoms with Gasteiger partial charge in [-0.05, 0) is 31.0 Å². The van der Waals surface area contributed by atoms with Crippen molar-refractivity contribution in [1.29, 1.82) is 0 Å². The minimum atomic E-state index is -0.455. The van der Waals surface area contributed by atoms with Gasteiger partial charge in [0.2, 0.25) is 0 Å². The van der Waals surface area contributed by atoms with Gasteiger partial charge in [0.1, 0.15) is 5.82 Å². The van der Waals surface area contributed by atoms with Gasteiger partial charge < -0.3 is 11.1 Å². The molecule has 2 rings (SSSR count). The van der Waals surface area contributed by atoms with E-state index >= 15 is 0 Å². The Balaban J connectivity index is 0.00000200. The molecule has 1 aromatic carbocycles. The summed E-state index contributed by atoms with van der Waals surface area (Å²) in [6.07, 6.45) is 5.25. The molecule has 1 amide bonds. The first-order valence-electron chi connectivity index (χ1n) is 6.52. The average molecular weight is 321 g/mol. The average Bonchev–Trinajstić information content (AvgIpc) is 2.37. The summed E-state index contributed by atoms with van der Waals surface area (Å²) in [7, 11) is 0. The SMILES string of the molecule is Cl.NC1(CNC(=O)c2ccc(F)cc2Cl)CCCCC1. The molecule has 0 spiro atoms. The van der Waals surface area contributed by atoms with E-state index in [0.29, 0.717) is 6.54 Å². The van der Waals surface area contributed by atoms with Crippen LogP contribution in [-0.4, -0.2) is 18.0 Å². The molecule has 1 aromatic rings. The van der Waals surface area contributed by atoms with Crippen LogP contribution in [0.4, 0.5) is 4.39 Å². The van der Waals surface area contributed by atoms with E-state index < -0.39 is 5.82 Å². The second-order valence-corrected chi connectivity index (χ2v) is 5.64. The monoisotopic (exact) mass is 320 g/mol. The van der Waals surface area contributed by atoms with Gasteiger partial charge in [0.15, 0.2) is 0 Å². The third-order valence-corrected chi connectivity index (χ3v) is 3.94. The molecule has 20 heavy (non-hydrogen) atoms. The number of carbonyl (C=O) groups excluding carboxylic acids is 1. The van der Waals surface area contributed by atoms with Gasteiger partial charge in [-0.1, -0.05) is 30.9 Å². The Hall–Kier alpha value is -0.840. The molecule has 1 fully saturated rings. The first-order chi connectivity index (χ1) is 9.00. The minimum Gasteiger partial charge on any atom is -0.350 e. The molecular weight excluding hydrogens is 302 g/mol. The van der Waals surface area contributed by atoms with Gasteiger partial charge in [0.05, 0.1) is 10.6 Å². The number of rotatable bonds is 3. The van der Waals surface area contributed by atoms with Gasteiger partial charge in [0.25, 0.3) is 5.91 Å². The molecule has 0 heterocycles. The standard InChI is InChI=1S/C14H18ClFN2O.ClH/c15-12-8-10(16)4-5-11(12)13(19)18-9-14(17)6-2-1-3-7-14;/h4-5,8H,1-3,6-7,9,17H2,(H,18,19);1H. The van der Waals surface area contributed by atoms with Crippen molar-refractivity contribution in [1.82, 2.24) is 5.32 Å². The van der Waals surface area contributed by atoms with Crippen LogP contribution in [0, 0.1) is 5.82 Å². The summed E-state index contributed by atoms with van der Waals surface area (Å²) in [5.74, 6) is -0.760. The maximum absolute atomic E-state index is 12.9. The molecule has 0 bridgehead atoms. The normalized spacial score (nSPS) is 17.1. The van der Waals surface area contributed by atoms with E-state index in [9.17, 15) is 9.18 Å². The van der Waals surface area contributed by atoms with Gasteiger partial charge >= 0.3 is 0 Å². The molecule has 0 atom stereocenters. The first kappa shape index (κ1) is 17.2. The number of amides is 1. The lowest BCUT2D eigenvalue weighted by molar-refractivity contribution is 0.0938. The van der Waals surface area contributed by atoms with Crippen molar-refractivity contribution in [2.24, 2.45) is 5.73 Å². The van der Waals surface area contributed by atoms with Gasteiger partial charge in [0, 0.05) is 12.1 Å². The Morgan fingerprint density at radius 2 is 2.00 bits per heavy atom. The summed E-state index contributed by atoms with van der Waals surface area (Å²) in [5, 5.41) is 2.92. The zero-order valence-electron chi connectivity index (χ0n) is 11.1. The lowest BCUT2D eigenvalue weighted by Gasteiger charge is -2.33. The maximum atomic E-state index is 12.9. The van der Waals surface area contributed by atoms with Crippen LogP contribution in [0.2, 0.25) is 5.02 Å². The summed E-state index contributed by atoms with van der Waals surface area (Å²) >= 11 is 5.85. The van der Waals surface area contributed by atoms with E-state index in [0.717, 1.165) is 31.7 Å². The Bertz CT molecular complexity index is 476. The Morgan fingerprint density at radius 1 is 1.35 bits per heavy atom. The Kier molecular flexibility index (Phi) is 6.24. The molecular formula is C14H19Cl2FN2O. The Morgan fingerprint density at radius 3 is 2.60 bits per heavy atom. The predicted octanol–water partition coefficient (Wildman–Crippen LogP) is 3.29. The van der Waals surface area contributed by atoms with Crippen LogP contribution < -0.4 is 11.1 Å². The molecule has 0 aromatic heterocycles. The van der Waals surface area contributed by atoms with Crippen LogP contribution in [0.5, 0.6) is 0 Å². The lowest BCUT2D eigenvalue weighted by Crippen LogP contribution is -2.51. The summed E-state index contributed by atoms with van der Waals surface area (Å²) in [6.45, 7) is 0.430. The van der Waals surface area contributed by atoms with Crippen LogP contribution in [0.15, 0.2) is 18.2 Å². The first-order valence-corrected chi connectivity index (χ1v) is 6.90. The zero-order chi connectivity index (χ0) is 13.9. The highest BCUT2D eigenvalue weighted by atomic mass is 35.5. The molecule has 0 radical (unpaired) electrons. The van der Waals surface area contributed by atoms with Gasteiger partial charge in [-0.15, -0.1) is 12.4 Å². The fourth-order valence-corrected chi connectivity index (χ4v) is 2.71. The molecule has 3 N–H and O–H groups in total. The third kappa shape index (κ3) is 4.33. The van der Waals surface area contributed by atoms with E-state index in [-0.39, 0.29) is 34.4 Å². The number of benzene rings is 1. The van der Waals surface area contributed by atoms with Crippen molar-refractivity contribution in [2.45, 2.75) is 37.6 Å². The Labute approximate surface area is 129 Å².